The summed E-state index contributed by atoms with van der Waals surface area (Å²) in [5, 5.41) is 9.22. The lowest BCUT2D eigenvalue weighted by Crippen LogP contribution is -2.57. The topological polar surface area (TPSA) is 65.0 Å². The molecule has 168 valence electrons. The zero-order valence-corrected chi connectivity index (χ0v) is 18.9. The van der Waals surface area contributed by atoms with Gasteiger partial charge in [-0.25, -0.2) is 0 Å². The van der Waals surface area contributed by atoms with Gasteiger partial charge in [-0.3, -0.25) is 4.21 Å². The second-order valence-electron chi connectivity index (χ2n) is 8.72. The molecule has 0 unspecified atom stereocenters. The number of aliphatic hydroxyl groups is 1. The van der Waals surface area contributed by atoms with Crippen LogP contribution in [0.1, 0.15) is 30.4 Å². The molecule has 1 N–H and O–H groups in total. The van der Waals surface area contributed by atoms with E-state index in [2.05, 4.69) is 12.1 Å². The minimum atomic E-state index is -1.26. The normalized spacial score (nSPS) is 29.7. The zero-order chi connectivity index (χ0) is 21.7. The molecular weight excluding hydrogens is 412 g/mol. The molecule has 2 fully saturated rings. The number of rotatable bonds is 7. The molecule has 0 bridgehead atoms. The van der Waals surface area contributed by atoms with E-state index in [1.54, 1.807) is 0 Å². The Balaban J connectivity index is 1.46. The molecule has 5 atom stereocenters. The molecule has 4 rings (SSSR count). The van der Waals surface area contributed by atoms with Crippen LogP contribution in [-0.4, -0.2) is 46.8 Å². The van der Waals surface area contributed by atoms with Crippen LogP contribution in [0.5, 0.6) is 0 Å². The van der Waals surface area contributed by atoms with Crippen molar-refractivity contribution in [2.75, 3.05) is 26.4 Å². The van der Waals surface area contributed by atoms with Crippen LogP contribution in [0.2, 0.25) is 0 Å². The predicted octanol–water partition coefficient (Wildman–Crippen LogP) is 3.84. The molecule has 0 amide bonds. The van der Waals surface area contributed by atoms with Gasteiger partial charge in [0, 0.05) is 29.8 Å². The number of aliphatic hydroxyl groups excluding tert-OH is 1. The molecular formula is C25H32O5S. The van der Waals surface area contributed by atoms with Crippen molar-refractivity contribution in [2.45, 2.75) is 48.7 Å². The van der Waals surface area contributed by atoms with Crippen LogP contribution in [0.25, 0.3) is 0 Å². The molecule has 1 spiro atoms. The summed E-state index contributed by atoms with van der Waals surface area (Å²) in [5.74, 6) is -0.570. The van der Waals surface area contributed by atoms with Gasteiger partial charge in [0.15, 0.2) is 5.79 Å². The maximum absolute atomic E-state index is 13.6. The Labute approximate surface area is 187 Å². The highest BCUT2D eigenvalue weighted by Gasteiger charge is 2.51. The molecule has 5 nitrogen and oxygen atoms in total. The van der Waals surface area contributed by atoms with Gasteiger partial charge in [0.2, 0.25) is 0 Å². The summed E-state index contributed by atoms with van der Waals surface area (Å²) in [6, 6.07) is 18.0. The molecule has 0 aliphatic carbocycles. The lowest BCUT2D eigenvalue weighted by Gasteiger charge is -2.48. The minimum absolute atomic E-state index is 0.109. The van der Waals surface area contributed by atoms with Crippen molar-refractivity contribution in [3.63, 3.8) is 0 Å². The number of benzene rings is 2. The van der Waals surface area contributed by atoms with Crippen LogP contribution in [0, 0.1) is 18.8 Å². The first kappa shape index (κ1) is 22.6. The fourth-order valence-electron chi connectivity index (χ4n) is 4.35. The Morgan fingerprint density at radius 2 is 1.77 bits per heavy atom. The van der Waals surface area contributed by atoms with E-state index in [1.165, 1.54) is 0 Å². The molecule has 2 aliphatic heterocycles. The van der Waals surface area contributed by atoms with Gasteiger partial charge in [0.05, 0.1) is 42.5 Å². The van der Waals surface area contributed by atoms with Crippen LogP contribution in [0.4, 0.5) is 0 Å². The third-order valence-electron chi connectivity index (χ3n) is 6.30. The second kappa shape index (κ2) is 10.4. The number of hydrogen-bond donors (Lipinski definition) is 1. The first-order valence-electron chi connectivity index (χ1n) is 11.1. The highest BCUT2D eigenvalue weighted by molar-refractivity contribution is 7.85. The molecule has 2 heterocycles. The zero-order valence-electron chi connectivity index (χ0n) is 18.1. The van der Waals surface area contributed by atoms with Crippen molar-refractivity contribution in [3.05, 3.63) is 65.7 Å². The number of aryl methyl sites for hydroxylation is 1. The average molecular weight is 445 g/mol. The summed E-state index contributed by atoms with van der Waals surface area (Å²) in [4.78, 5) is 0.803. The lowest BCUT2D eigenvalue weighted by atomic mass is 9.88. The fraction of sp³-hybridized carbons (Fsp3) is 0.520. The van der Waals surface area contributed by atoms with Gasteiger partial charge >= 0.3 is 0 Å². The maximum Gasteiger partial charge on any atom is 0.182 e. The van der Waals surface area contributed by atoms with E-state index in [-0.39, 0.29) is 23.7 Å². The standard InChI is InChI=1S/C25H32O5S/c1-19-7-9-23(10-8-19)31(27)24-13-22(16-28-15-20-5-3-2-4-6-20)18-30-25(24)12-11-21(14-26)17-29-25/h2-10,21-22,24,26H,11-18H2,1H3/t21-,22-,24-,25+,31-/m0/s1. The Morgan fingerprint density at radius 3 is 2.42 bits per heavy atom. The first-order chi connectivity index (χ1) is 15.1. The van der Waals surface area contributed by atoms with E-state index >= 15 is 0 Å². The van der Waals surface area contributed by atoms with Crippen molar-refractivity contribution in [1.82, 2.24) is 0 Å². The molecule has 6 heteroatoms. The van der Waals surface area contributed by atoms with E-state index in [1.807, 2.05) is 49.4 Å². The Hall–Kier alpha value is -1.57. The largest absolute Gasteiger partial charge is 0.396 e. The van der Waals surface area contributed by atoms with Gasteiger partial charge in [-0.1, -0.05) is 48.0 Å². The summed E-state index contributed by atoms with van der Waals surface area (Å²) in [6.45, 7) is 4.22. The van der Waals surface area contributed by atoms with E-state index in [9.17, 15) is 9.32 Å². The van der Waals surface area contributed by atoms with Crippen LogP contribution in [-0.2, 0) is 31.6 Å². The van der Waals surface area contributed by atoms with E-state index in [0.717, 1.165) is 28.9 Å². The minimum Gasteiger partial charge on any atom is -0.396 e. The molecule has 2 aromatic rings. The molecule has 2 saturated heterocycles. The Bertz CT molecular complexity index is 846. The molecule has 2 aliphatic rings. The quantitative estimate of drug-likeness (QED) is 0.703. The molecule has 2 aromatic carbocycles. The highest BCUT2D eigenvalue weighted by Crippen LogP contribution is 2.42. The summed E-state index contributed by atoms with van der Waals surface area (Å²) in [6.07, 6.45) is 2.18. The third kappa shape index (κ3) is 5.44. The highest BCUT2D eigenvalue weighted by atomic mass is 32.2. The predicted molar refractivity (Wildman–Crippen MR) is 120 cm³/mol. The average Bonchev–Trinajstić information content (AvgIpc) is 2.81. The van der Waals surface area contributed by atoms with Gasteiger partial charge in [-0.15, -0.1) is 0 Å². The van der Waals surface area contributed by atoms with Gasteiger partial charge in [0.25, 0.3) is 0 Å². The van der Waals surface area contributed by atoms with Crippen molar-refractivity contribution < 1.29 is 23.5 Å². The van der Waals surface area contributed by atoms with Gasteiger partial charge in [-0.2, -0.15) is 0 Å². The second-order valence-corrected chi connectivity index (χ2v) is 10.4. The van der Waals surface area contributed by atoms with Crippen molar-refractivity contribution >= 4 is 10.8 Å². The summed E-state index contributed by atoms with van der Waals surface area (Å²) in [5.41, 5.74) is 2.28. The summed E-state index contributed by atoms with van der Waals surface area (Å²) >= 11 is 0. The van der Waals surface area contributed by atoms with Gasteiger partial charge in [0.1, 0.15) is 0 Å². The molecule has 0 radical (unpaired) electrons. The van der Waals surface area contributed by atoms with E-state index in [4.69, 9.17) is 14.2 Å². The van der Waals surface area contributed by atoms with E-state index < -0.39 is 16.6 Å². The maximum atomic E-state index is 13.6. The van der Waals surface area contributed by atoms with Crippen LogP contribution in [0.3, 0.4) is 0 Å². The SMILES string of the molecule is Cc1ccc([S@](=O)[C@H]2C[C@@H](COCc3ccccc3)CO[C@]23CC[C@@H](CO)CO3)cc1. The van der Waals surface area contributed by atoms with Gasteiger partial charge < -0.3 is 19.3 Å². The molecule has 31 heavy (non-hydrogen) atoms. The first-order valence-corrected chi connectivity index (χ1v) is 12.3. The van der Waals surface area contributed by atoms with Crippen molar-refractivity contribution in [3.8, 4) is 0 Å². The molecule has 0 saturated carbocycles. The summed E-state index contributed by atoms with van der Waals surface area (Å²) < 4.78 is 32.1. The molecule has 0 aromatic heterocycles. The Morgan fingerprint density at radius 1 is 1.06 bits per heavy atom. The van der Waals surface area contributed by atoms with Gasteiger partial charge in [-0.05, 0) is 37.5 Å². The Kier molecular flexibility index (Phi) is 7.56. The van der Waals surface area contributed by atoms with Crippen LogP contribution < -0.4 is 0 Å². The fourth-order valence-corrected chi connectivity index (χ4v) is 6.11. The lowest BCUT2D eigenvalue weighted by molar-refractivity contribution is -0.288. The van der Waals surface area contributed by atoms with E-state index in [0.29, 0.717) is 32.8 Å². The monoisotopic (exact) mass is 444 g/mol. The number of hydrogen-bond acceptors (Lipinski definition) is 5. The van der Waals surface area contributed by atoms with Crippen LogP contribution in [0.15, 0.2) is 59.5 Å². The smallest absolute Gasteiger partial charge is 0.182 e. The summed E-state index contributed by atoms with van der Waals surface area (Å²) in [7, 11) is -1.26. The number of ether oxygens (including phenoxy) is 3. The van der Waals surface area contributed by atoms with Crippen molar-refractivity contribution in [2.24, 2.45) is 11.8 Å². The van der Waals surface area contributed by atoms with Crippen molar-refractivity contribution in [1.29, 1.82) is 0 Å². The van der Waals surface area contributed by atoms with Crippen LogP contribution >= 0.6 is 0 Å². The third-order valence-corrected chi connectivity index (χ3v) is 8.11.